The molecule has 0 rings (SSSR count). The van der Waals surface area contributed by atoms with E-state index in [9.17, 15) is 0 Å². The Balaban J connectivity index is 3.30. The molecule has 0 fully saturated rings. The summed E-state index contributed by atoms with van der Waals surface area (Å²) in [6.07, 6.45) is 3.04. The van der Waals surface area contributed by atoms with E-state index in [1.54, 1.807) is 13.0 Å². The third kappa shape index (κ3) is 5.50. The molecule has 0 aromatic carbocycles. The largest absolute Gasteiger partial charge is 0.390 e. The molecule has 2 N–H and O–H groups in total. The Morgan fingerprint density at radius 3 is 2.88 bits per heavy atom. The molecule has 0 amide bonds. The molecular formula is C5H9ClN2. The summed E-state index contributed by atoms with van der Waals surface area (Å²) in [5, 5.41) is 0.746. The first kappa shape index (κ1) is 7.50. The van der Waals surface area contributed by atoms with Crippen molar-refractivity contribution in [2.24, 2.45) is 10.7 Å². The Kier molecular flexibility index (Phi) is 4.36. The summed E-state index contributed by atoms with van der Waals surface area (Å²) in [5.74, 6) is 0. The van der Waals surface area contributed by atoms with Gasteiger partial charge < -0.3 is 5.73 Å². The van der Waals surface area contributed by atoms with Gasteiger partial charge in [0.1, 0.15) is 0 Å². The monoisotopic (exact) mass is 132 g/mol. The van der Waals surface area contributed by atoms with Crippen molar-refractivity contribution in [3.63, 3.8) is 0 Å². The van der Waals surface area contributed by atoms with Crippen LogP contribution in [0.15, 0.2) is 16.1 Å². The minimum atomic E-state index is 0.575. The van der Waals surface area contributed by atoms with Gasteiger partial charge in [0, 0.05) is 5.03 Å². The third-order valence-electron chi connectivity index (χ3n) is 0.583. The lowest BCUT2D eigenvalue weighted by molar-refractivity contribution is 1.24. The lowest BCUT2D eigenvalue weighted by Gasteiger charge is -1.81. The average molecular weight is 133 g/mol. The minimum absolute atomic E-state index is 0.575. The van der Waals surface area contributed by atoms with E-state index in [-0.39, 0.29) is 0 Å². The van der Waals surface area contributed by atoms with Gasteiger partial charge >= 0.3 is 0 Å². The number of halogens is 1. The Morgan fingerprint density at radius 1 is 1.88 bits per heavy atom. The van der Waals surface area contributed by atoms with Crippen LogP contribution in [0.2, 0.25) is 0 Å². The topological polar surface area (TPSA) is 38.4 Å². The van der Waals surface area contributed by atoms with Crippen LogP contribution in [0.4, 0.5) is 0 Å². The van der Waals surface area contributed by atoms with Crippen molar-refractivity contribution in [1.82, 2.24) is 0 Å². The van der Waals surface area contributed by atoms with Gasteiger partial charge in [-0.1, -0.05) is 11.6 Å². The highest BCUT2D eigenvalue weighted by Crippen LogP contribution is 1.95. The predicted molar refractivity (Wildman–Crippen MR) is 37.2 cm³/mol. The molecule has 0 aliphatic carbocycles. The van der Waals surface area contributed by atoms with Gasteiger partial charge in [-0.2, -0.15) is 0 Å². The first-order valence-electron chi connectivity index (χ1n) is 2.29. The molecule has 0 spiro atoms. The summed E-state index contributed by atoms with van der Waals surface area (Å²) < 4.78 is 0. The zero-order valence-corrected chi connectivity index (χ0v) is 5.52. The van der Waals surface area contributed by atoms with Crippen LogP contribution < -0.4 is 5.73 Å². The lowest BCUT2D eigenvalue weighted by Crippen LogP contribution is -1.88. The van der Waals surface area contributed by atoms with Crippen molar-refractivity contribution in [3.05, 3.63) is 11.1 Å². The standard InChI is InChI=1S/C5H9ClN2/c1-5(6)2-3-8-4-7/h2,4H,3H2,1H3,(H2,7,8)/b5-2+. The average Bonchev–Trinajstić information content (AvgIpc) is 1.66. The second kappa shape index (κ2) is 4.65. The van der Waals surface area contributed by atoms with Crippen LogP contribution in [-0.4, -0.2) is 12.9 Å². The number of aliphatic imine (C=N–C) groups is 1. The fourth-order valence-corrected chi connectivity index (χ4v) is 0.308. The van der Waals surface area contributed by atoms with Gasteiger partial charge in [0.05, 0.1) is 12.9 Å². The predicted octanol–water partition coefficient (Wildman–Crippen LogP) is 1.12. The summed E-state index contributed by atoms with van der Waals surface area (Å²) >= 11 is 5.46. The highest BCUT2D eigenvalue weighted by Gasteiger charge is 1.74. The fraction of sp³-hybridized carbons (Fsp3) is 0.400. The zero-order valence-electron chi connectivity index (χ0n) is 4.76. The third-order valence-corrected chi connectivity index (χ3v) is 0.738. The van der Waals surface area contributed by atoms with Crippen LogP contribution in [0, 0.1) is 0 Å². The van der Waals surface area contributed by atoms with E-state index in [4.69, 9.17) is 17.3 Å². The fourth-order valence-electron chi connectivity index (χ4n) is 0.239. The second-order valence-corrected chi connectivity index (χ2v) is 1.90. The van der Waals surface area contributed by atoms with Crippen LogP contribution in [0.25, 0.3) is 0 Å². The Bertz CT molecular complexity index is 103. The van der Waals surface area contributed by atoms with Gasteiger partial charge in [-0.25, -0.2) is 0 Å². The summed E-state index contributed by atoms with van der Waals surface area (Å²) in [6.45, 7) is 2.37. The lowest BCUT2D eigenvalue weighted by atomic mass is 10.5. The smallest absolute Gasteiger partial charge is 0.0801 e. The number of nitrogens with zero attached hydrogens (tertiary/aromatic N) is 1. The van der Waals surface area contributed by atoms with Gasteiger partial charge in [0.2, 0.25) is 0 Å². The van der Waals surface area contributed by atoms with Crippen molar-refractivity contribution in [1.29, 1.82) is 0 Å². The van der Waals surface area contributed by atoms with E-state index < -0.39 is 0 Å². The van der Waals surface area contributed by atoms with Crippen molar-refractivity contribution in [2.45, 2.75) is 6.92 Å². The summed E-state index contributed by atoms with van der Waals surface area (Å²) in [6, 6.07) is 0. The molecule has 2 nitrogen and oxygen atoms in total. The van der Waals surface area contributed by atoms with Crippen molar-refractivity contribution < 1.29 is 0 Å². The van der Waals surface area contributed by atoms with E-state index in [0.29, 0.717) is 6.54 Å². The number of hydrogen-bond acceptors (Lipinski definition) is 1. The van der Waals surface area contributed by atoms with E-state index in [2.05, 4.69) is 4.99 Å². The normalized spacial score (nSPS) is 13.0. The molecule has 0 aromatic heterocycles. The molecule has 8 heavy (non-hydrogen) atoms. The molecular weight excluding hydrogens is 124 g/mol. The molecule has 0 heterocycles. The van der Waals surface area contributed by atoms with E-state index in [0.717, 1.165) is 5.03 Å². The van der Waals surface area contributed by atoms with Crippen molar-refractivity contribution in [3.8, 4) is 0 Å². The molecule has 0 saturated carbocycles. The molecule has 3 heteroatoms. The molecule has 0 aliphatic heterocycles. The maximum absolute atomic E-state index is 5.46. The summed E-state index contributed by atoms with van der Waals surface area (Å²) in [7, 11) is 0. The maximum atomic E-state index is 5.46. The molecule has 0 atom stereocenters. The van der Waals surface area contributed by atoms with Gasteiger partial charge in [0.15, 0.2) is 0 Å². The van der Waals surface area contributed by atoms with Crippen LogP contribution in [0.1, 0.15) is 6.92 Å². The highest BCUT2D eigenvalue weighted by atomic mass is 35.5. The van der Waals surface area contributed by atoms with Crippen LogP contribution in [0.5, 0.6) is 0 Å². The maximum Gasteiger partial charge on any atom is 0.0801 e. The van der Waals surface area contributed by atoms with Gasteiger partial charge in [0.25, 0.3) is 0 Å². The van der Waals surface area contributed by atoms with Gasteiger partial charge in [-0.3, -0.25) is 4.99 Å². The molecule has 0 aliphatic rings. The minimum Gasteiger partial charge on any atom is -0.390 e. The number of nitrogens with two attached hydrogens (primary N) is 1. The van der Waals surface area contributed by atoms with Crippen molar-refractivity contribution in [2.75, 3.05) is 6.54 Å². The second-order valence-electron chi connectivity index (χ2n) is 1.31. The first-order valence-corrected chi connectivity index (χ1v) is 2.67. The van der Waals surface area contributed by atoms with Gasteiger partial charge in [-0.15, -0.1) is 0 Å². The Labute approximate surface area is 54.0 Å². The molecule has 0 saturated heterocycles. The van der Waals surface area contributed by atoms with E-state index in [1.165, 1.54) is 6.34 Å². The zero-order chi connectivity index (χ0) is 6.41. The molecule has 0 bridgehead atoms. The Morgan fingerprint density at radius 2 is 2.50 bits per heavy atom. The molecule has 0 radical (unpaired) electrons. The molecule has 0 aromatic rings. The van der Waals surface area contributed by atoms with Crippen LogP contribution in [-0.2, 0) is 0 Å². The molecule has 46 valence electrons. The SMILES string of the molecule is C/C(Cl)=C\C/N=C\N. The van der Waals surface area contributed by atoms with Crippen LogP contribution >= 0.6 is 11.6 Å². The summed E-state index contributed by atoms with van der Waals surface area (Å²) in [4.78, 5) is 3.70. The number of rotatable bonds is 2. The van der Waals surface area contributed by atoms with Gasteiger partial charge in [-0.05, 0) is 13.0 Å². The number of allylic oxidation sites excluding steroid dienone is 1. The number of hydrogen-bond donors (Lipinski definition) is 1. The van der Waals surface area contributed by atoms with Crippen molar-refractivity contribution >= 4 is 17.9 Å². The van der Waals surface area contributed by atoms with E-state index in [1.807, 2.05) is 0 Å². The van der Waals surface area contributed by atoms with E-state index >= 15 is 0 Å². The summed E-state index contributed by atoms with van der Waals surface area (Å²) in [5.41, 5.74) is 4.95. The first-order chi connectivity index (χ1) is 3.77. The Hall–Kier alpha value is -0.500. The van der Waals surface area contributed by atoms with Crippen LogP contribution in [0.3, 0.4) is 0 Å². The molecule has 0 unspecified atom stereocenters. The quantitative estimate of drug-likeness (QED) is 0.444. The highest BCUT2D eigenvalue weighted by molar-refractivity contribution is 6.29.